The van der Waals surface area contributed by atoms with Crippen molar-refractivity contribution in [2.24, 2.45) is 0 Å². The average molecular weight is 306 g/mol. The molecule has 0 aromatic heterocycles. The average Bonchev–Trinajstić information content (AvgIpc) is 2.49. The molecule has 0 unspecified atom stereocenters. The van der Waals surface area contributed by atoms with Crippen LogP contribution < -0.4 is 10.6 Å². The normalized spacial score (nSPS) is 19.0. The zero-order valence-electron chi connectivity index (χ0n) is 12.1. The predicted octanol–water partition coefficient (Wildman–Crippen LogP) is 2.34. The van der Waals surface area contributed by atoms with Crippen molar-refractivity contribution < 1.29 is 9.00 Å². The lowest BCUT2D eigenvalue weighted by Gasteiger charge is -2.18. The van der Waals surface area contributed by atoms with Crippen molar-refractivity contribution in [1.82, 2.24) is 10.6 Å². The molecule has 1 aromatic carbocycles. The molecule has 4 nitrogen and oxygen atoms in total. The Bertz CT molecular complexity index is 502. The van der Waals surface area contributed by atoms with Crippen LogP contribution in [0.25, 0.3) is 0 Å². The van der Waals surface area contributed by atoms with Crippen molar-refractivity contribution in [2.75, 3.05) is 12.3 Å². The Morgan fingerprint density at radius 3 is 2.81 bits per heavy atom. The highest BCUT2D eigenvalue weighted by atomic mass is 32.2. The van der Waals surface area contributed by atoms with Crippen LogP contribution in [0.3, 0.4) is 0 Å². The highest BCUT2D eigenvalue weighted by molar-refractivity contribution is 7.84. The largest absolute Gasteiger partial charge is 0.337 e. The van der Waals surface area contributed by atoms with Gasteiger partial charge in [-0.3, -0.25) is 4.21 Å². The maximum atomic E-state index is 11.9. The lowest BCUT2D eigenvalue weighted by molar-refractivity contribution is 0.238. The van der Waals surface area contributed by atoms with E-state index in [0.717, 1.165) is 24.8 Å². The minimum absolute atomic E-state index is 0.133. The molecule has 1 aliphatic rings. The lowest BCUT2D eigenvalue weighted by atomic mass is 10.0. The van der Waals surface area contributed by atoms with Crippen LogP contribution in [-0.2, 0) is 16.6 Å². The summed E-state index contributed by atoms with van der Waals surface area (Å²) in [5.41, 5.74) is 1.06. The molecular weight excluding hydrogens is 284 g/mol. The zero-order valence-corrected chi connectivity index (χ0v) is 12.9. The molecule has 2 N–H and O–H groups in total. The topological polar surface area (TPSA) is 58.2 Å². The molecule has 0 heterocycles. The molecule has 2 atom stereocenters. The number of hydrogen-bond donors (Lipinski definition) is 2. The van der Waals surface area contributed by atoms with Gasteiger partial charge in [0.1, 0.15) is 0 Å². The SMILES string of the molecule is O=C(NCC[S@@](=O)Cc1ccccc1)N[C@@H]1C=CCCC1. The molecular formula is C16H22N2O2S. The fourth-order valence-corrected chi connectivity index (χ4v) is 3.30. The summed E-state index contributed by atoms with van der Waals surface area (Å²) < 4.78 is 11.9. The molecule has 0 saturated heterocycles. The molecule has 1 aliphatic carbocycles. The molecule has 0 saturated carbocycles. The first kappa shape index (κ1) is 15.8. The summed E-state index contributed by atoms with van der Waals surface area (Å²) in [6.45, 7) is 0.432. The number of carbonyl (C=O) groups excluding carboxylic acids is 1. The van der Waals surface area contributed by atoms with Crippen molar-refractivity contribution in [1.29, 1.82) is 0 Å². The third-order valence-electron chi connectivity index (χ3n) is 3.36. The van der Waals surface area contributed by atoms with Crippen molar-refractivity contribution >= 4 is 16.8 Å². The number of carbonyl (C=O) groups is 1. The summed E-state index contributed by atoms with van der Waals surface area (Å²) in [7, 11) is -0.951. The van der Waals surface area contributed by atoms with Gasteiger partial charge < -0.3 is 10.6 Å². The minimum atomic E-state index is -0.951. The van der Waals surface area contributed by atoms with E-state index >= 15 is 0 Å². The van der Waals surface area contributed by atoms with E-state index in [2.05, 4.69) is 16.7 Å². The summed E-state index contributed by atoms with van der Waals surface area (Å²) >= 11 is 0. The molecule has 114 valence electrons. The van der Waals surface area contributed by atoms with E-state index in [4.69, 9.17) is 0 Å². The Balaban J connectivity index is 1.62. The van der Waals surface area contributed by atoms with Gasteiger partial charge in [0.05, 0.1) is 0 Å². The van der Waals surface area contributed by atoms with Gasteiger partial charge in [-0.25, -0.2) is 4.79 Å². The second kappa shape index (κ2) is 8.62. The Morgan fingerprint density at radius 1 is 1.29 bits per heavy atom. The standard InChI is InChI=1S/C16H22N2O2S/c19-16(18-15-9-5-2-6-10-15)17-11-12-21(20)13-14-7-3-1-4-8-14/h1,3-5,7-9,15H,2,6,10-13H2,(H2,17,18,19)/t15-,21-/m1/s1. The third kappa shape index (κ3) is 6.12. The van der Waals surface area contributed by atoms with Crippen molar-refractivity contribution in [2.45, 2.75) is 31.1 Å². The first-order valence-electron chi connectivity index (χ1n) is 7.34. The van der Waals surface area contributed by atoms with Crippen molar-refractivity contribution in [3.8, 4) is 0 Å². The van der Waals surface area contributed by atoms with E-state index < -0.39 is 10.8 Å². The summed E-state index contributed by atoms with van der Waals surface area (Å²) in [6.07, 6.45) is 7.34. The Kier molecular flexibility index (Phi) is 6.47. The number of allylic oxidation sites excluding steroid dienone is 1. The number of nitrogens with one attached hydrogen (secondary N) is 2. The molecule has 5 heteroatoms. The monoisotopic (exact) mass is 306 g/mol. The van der Waals surface area contributed by atoms with Crippen LogP contribution in [0.4, 0.5) is 4.79 Å². The number of benzene rings is 1. The first-order chi connectivity index (χ1) is 10.2. The van der Waals surface area contributed by atoms with Crippen LogP contribution in [0, 0.1) is 0 Å². The predicted molar refractivity (Wildman–Crippen MR) is 86.5 cm³/mol. The van der Waals surface area contributed by atoms with Gasteiger partial charge in [0.2, 0.25) is 0 Å². The van der Waals surface area contributed by atoms with Gasteiger partial charge in [-0.2, -0.15) is 0 Å². The number of urea groups is 1. The number of rotatable bonds is 6. The molecule has 0 aliphatic heterocycles. The van der Waals surface area contributed by atoms with E-state index in [1.54, 1.807) is 0 Å². The van der Waals surface area contributed by atoms with Gasteiger partial charge in [-0.05, 0) is 24.8 Å². The maximum absolute atomic E-state index is 11.9. The quantitative estimate of drug-likeness (QED) is 0.793. The summed E-state index contributed by atoms with van der Waals surface area (Å²) in [4.78, 5) is 11.7. The van der Waals surface area contributed by atoms with Crippen molar-refractivity contribution in [3.63, 3.8) is 0 Å². The second-order valence-electron chi connectivity index (χ2n) is 5.14. The molecule has 1 aromatic rings. The van der Waals surface area contributed by atoms with Crippen LogP contribution in [0.2, 0.25) is 0 Å². The van der Waals surface area contributed by atoms with E-state index in [9.17, 15) is 9.00 Å². The van der Waals surface area contributed by atoms with Gasteiger partial charge in [0.15, 0.2) is 0 Å². The third-order valence-corrected chi connectivity index (χ3v) is 4.67. The van der Waals surface area contributed by atoms with E-state index in [1.165, 1.54) is 0 Å². The minimum Gasteiger partial charge on any atom is -0.337 e. The fraction of sp³-hybridized carbons (Fsp3) is 0.438. The first-order valence-corrected chi connectivity index (χ1v) is 8.83. The number of amides is 2. The summed E-state index contributed by atoms with van der Waals surface area (Å²) in [5, 5.41) is 5.68. The smallest absolute Gasteiger partial charge is 0.315 e. The molecule has 0 spiro atoms. The van der Waals surface area contributed by atoms with Crippen LogP contribution in [0.15, 0.2) is 42.5 Å². The molecule has 0 fully saturated rings. The molecule has 2 amide bonds. The van der Waals surface area contributed by atoms with E-state index in [1.807, 2.05) is 36.4 Å². The lowest BCUT2D eigenvalue weighted by Crippen LogP contribution is -2.42. The molecule has 0 radical (unpaired) electrons. The van der Waals surface area contributed by atoms with Crippen LogP contribution >= 0.6 is 0 Å². The number of hydrogen-bond acceptors (Lipinski definition) is 2. The summed E-state index contributed by atoms with van der Waals surface area (Å²) in [6, 6.07) is 9.71. The Labute approximate surface area is 128 Å². The summed E-state index contributed by atoms with van der Waals surface area (Å²) in [5.74, 6) is 1.01. The molecule has 21 heavy (non-hydrogen) atoms. The van der Waals surface area contributed by atoms with Gasteiger partial charge in [-0.1, -0.05) is 42.5 Å². The Hall–Kier alpha value is -1.62. The highest BCUT2D eigenvalue weighted by Crippen LogP contribution is 2.09. The van der Waals surface area contributed by atoms with Gasteiger partial charge in [0.25, 0.3) is 0 Å². The maximum Gasteiger partial charge on any atom is 0.315 e. The van der Waals surface area contributed by atoms with E-state index in [-0.39, 0.29) is 12.1 Å². The zero-order chi connectivity index (χ0) is 14.9. The van der Waals surface area contributed by atoms with Gasteiger partial charge >= 0.3 is 6.03 Å². The van der Waals surface area contributed by atoms with Crippen molar-refractivity contribution in [3.05, 3.63) is 48.0 Å². The van der Waals surface area contributed by atoms with Gasteiger partial charge in [-0.15, -0.1) is 0 Å². The second-order valence-corrected chi connectivity index (χ2v) is 6.72. The fourth-order valence-electron chi connectivity index (χ4n) is 2.26. The highest BCUT2D eigenvalue weighted by Gasteiger charge is 2.11. The van der Waals surface area contributed by atoms with Gasteiger partial charge in [0, 0.05) is 34.9 Å². The van der Waals surface area contributed by atoms with E-state index in [0.29, 0.717) is 18.1 Å². The Morgan fingerprint density at radius 2 is 2.10 bits per heavy atom. The van der Waals surface area contributed by atoms with Crippen LogP contribution in [0.5, 0.6) is 0 Å². The van der Waals surface area contributed by atoms with Crippen LogP contribution in [0.1, 0.15) is 24.8 Å². The van der Waals surface area contributed by atoms with Crippen LogP contribution in [-0.4, -0.2) is 28.6 Å². The molecule has 2 rings (SSSR count). The molecule has 0 bridgehead atoms.